The molecule has 2 aliphatic rings. The number of rotatable bonds is 3. The molecule has 0 unspecified atom stereocenters. The van der Waals surface area contributed by atoms with Gasteiger partial charge in [-0.15, -0.1) is 0 Å². The van der Waals surface area contributed by atoms with E-state index in [0.29, 0.717) is 0 Å². The van der Waals surface area contributed by atoms with Gasteiger partial charge in [0.05, 0.1) is 6.54 Å². The lowest BCUT2D eigenvalue weighted by Crippen LogP contribution is -2.42. The van der Waals surface area contributed by atoms with Gasteiger partial charge in [0, 0.05) is 18.7 Å². The molecule has 1 aliphatic heterocycles. The molecule has 0 radical (unpaired) electrons. The van der Waals surface area contributed by atoms with Gasteiger partial charge >= 0.3 is 0 Å². The Balaban J connectivity index is 1.72. The van der Waals surface area contributed by atoms with Gasteiger partial charge in [-0.3, -0.25) is 0 Å². The summed E-state index contributed by atoms with van der Waals surface area (Å²) in [6.45, 7) is -0.199. The van der Waals surface area contributed by atoms with Crippen molar-refractivity contribution in [2.24, 2.45) is 5.16 Å². The molecule has 1 saturated carbocycles. The summed E-state index contributed by atoms with van der Waals surface area (Å²) < 4.78 is 24.0. The molecule has 0 amide bonds. The van der Waals surface area contributed by atoms with Crippen LogP contribution in [0.2, 0.25) is 0 Å². The van der Waals surface area contributed by atoms with Crippen LogP contribution in [-0.4, -0.2) is 30.8 Å². The van der Waals surface area contributed by atoms with Crippen LogP contribution in [0.4, 0.5) is 8.78 Å². The molecule has 86 valence electrons. The van der Waals surface area contributed by atoms with Crippen molar-refractivity contribution in [1.29, 1.82) is 0 Å². The molecule has 15 heavy (non-hydrogen) atoms. The normalized spacial score (nSPS) is 35.0. The number of nitrogens with zero attached hydrogens (tertiary/aromatic N) is 1. The Kier molecular flexibility index (Phi) is 3.19. The molecule has 0 atom stereocenters. The molecule has 1 aliphatic carbocycles. The van der Waals surface area contributed by atoms with Crippen LogP contribution in [0.3, 0.4) is 0 Å². The average Bonchev–Trinajstić information content (AvgIpc) is 2.66. The van der Waals surface area contributed by atoms with Gasteiger partial charge in [0.15, 0.2) is 0 Å². The Morgan fingerprint density at radius 1 is 1.47 bits per heavy atom. The standard InChI is InChI=1S/C10H16F2N2O/c11-9(12)7-13-8-1-3-10(4-2-8)5-6-14-15-10/h6,8-9,13H,1-5,7H2. The van der Waals surface area contributed by atoms with E-state index in [1.807, 2.05) is 0 Å². The van der Waals surface area contributed by atoms with Crippen LogP contribution in [-0.2, 0) is 4.84 Å². The zero-order valence-electron chi connectivity index (χ0n) is 8.59. The summed E-state index contributed by atoms with van der Waals surface area (Å²) in [6, 6.07) is 0.217. The molecule has 1 fully saturated rings. The van der Waals surface area contributed by atoms with Crippen LogP contribution < -0.4 is 5.32 Å². The van der Waals surface area contributed by atoms with E-state index in [-0.39, 0.29) is 18.2 Å². The maximum atomic E-state index is 12.0. The second-order valence-corrected chi connectivity index (χ2v) is 4.34. The van der Waals surface area contributed by atoms with Gasteiger partial charge in [-0.2, -0.15) is 0 Å². The van der Waals surface area contributed by atoms with Gasteiger partial charge in [0.2, 0.25) is 0 Å². The fourth-order valence-corrected chi connectivity index (χ4v) is 2.29. The van der Waals surface area contributed by atoms with Crippen molar-refractivity contribution in [3.05, 3.63) is 0 Å². The van der Waals surface area contributed by atoms with E-state index in [1.165, 1.54) is 0 Å². The van der Waals surface area contributed by atoms with E-state index in [1.54, 1.807) is 6.21 Å². The summed E-state index contributed by atoms with van der Waals surface area (Å²) >= 11 is 0. The highest BCUT2D eigenvalue weighted by molar-refractivity contribution is 5.59. The second-order valence-electron chi connectivity index (χ2n) is 4.34. The molecular formula is C10H16F2N2O. The van der Waals surface area contributed by atoms with Crippen molar-refractivity contribution in [3.8, 4) is 0 Å². The first-order valence-electron chi connectivity index (χ1n) is 5.42. The van der Waals surface area contributed by atoms with Crippen molar-refractivity contribution >= 4 is 6.21 Å². The highest BCUT2D eigenvalue weighted by atomic mass is 19.3. The summed E-state index contributed by atoms with van der Waals surface area (Å²) in [4.78, 5) is 5.35. The SMILES string of the molecule is FC(F)CNC1CCC2(CC=NO2)CC1. The lowest BCUT2D eigenvalue weighted by molar-refractivity contribution is -0.0506. The topological polar surface area (TPSA) is 33.6 Å². The summed E-state index contributed by atoms with van der Waals surface area (Å²) in [6.07, 6.45) is 4.03. The van der Waals surface area contributed by atoms with E-state index < -0.39 is 6.43 Å². The Labute approximate surface area is 87.9 Å². The molecule has 3 nitrogen and oxygen atoms in total. The predicted octanol–water partition coefficient (Wildman–Crippen LogP) is 1.93. The van der Waals surface area contributed by atoms with E-state index >= 15 is 0 Å². The number of hydrogen-bond acceptors (Lipinski definition) is 3. The van der Waals surface area contributed by atoms with Crippen LogP contribution in [0, 0.1) is 0 Å². The van der Waals surface area contributed by atoms with Crippen molar-refractivity contribution in [3.63, 3.8) is 0 Å². The first kappa shape index (κ1) is 10.8. The number of oxime groups is 1. The maximum absolute atomic E-state index is 12.0. The minimum atomic E-state index is -2.26. The van der Waals surface area contributed by atoms with Crippen molar-refractivity contribution < 1.29 is 13.6 Å². The second kappa shape index (κ2) is 4.43. The molecule has 1 heterocycles. The summed E-state index contributed by atoms with van der Waals surface area (Å²) in [5, 5.41) is 6.68. The van der Waals surface area contributed by atoms with E-state index in [2.05, 4.69) is 10.5 Å². The maximum Gasteiger partial charge on any atom is 0.250 e. The van der Waals surface area contributed by atoms with Gasteiger partial charge in [0.25, 0.3) is 6.43 Å². The molecule has 0 bridgehead atoms. The van der Waals surface area contributed by atoms with Gasteiger partial charge in [-0.25, -0.2) is 8.78 Å². The molecule has 0 aromatic rings. The van der Waals surface area contributed by atoms with E-state index in [0.717, 1.165) is 32.1 Å². The quantitative estimate of drug-likeness (QED) is 0.785. The third-order valence-corrected chi connectivity index (χ3v) is 3.24. The minimum absolute atomic E-state index is 0.108. The van der Waals surface area contributed by atoms with Crippen LogP contribution in [0.15, 0.2) is 5.16 Å². The van der Waals surface area contributed by atoms with E-state index in [9.17, 15) is 8.78 Å². The fraction of sp³-hybridized carbons (Fsp3) is 0.900. The molecule has 1 spiro atoms. The highest BCUT2D eigenvalue weighted by Crippen LogP contribution is 2.36. The van der Waals surface area contributed by atoms with Crippen molar-refractivity contribution in [2.45, 2.75) is 50.2 Å². The molecule has 5 heteroatoms. The van der Waals surface area contributed by atoms with Gasteiger partial charge in [-0.05, 0) is 25.7 Å². The highest BCUT2D eigenvalue weighted by Gasteiger charge is 2.39. The average molecular weight is 218 g/mol. The Morgan fingerprint density at radius 2 is 2.20 bits per heavy atom. The number of nitrogens with one attached hydrogen (secondary N) is 1. The smallest absolute Gasteiger partial charge is 0.250 e. The Hall–Kier alpha value is -0.710. The van der Waals surface area contributed by atoms with Crippen LogP contribution in [0.25, 0.3) is 0 Å². The third kappa shape index (κ3) is 2.65. The molecule has 1 N–H and O–H groups in total. The first-order chi connectivity index (χ1) is 7.20. The minimum Gasteiger partial charge on any atom is -0.389 e. The third-order valence-electron chi connectivity index (χ3n) is 3.24. The lowest BCUT2D eigenvalue weighted by Gasteiger charge is -2.35. The zero-order valence-corrected chi connectivity index (χ0v) is 8.59. The summed E-state index contributed by atoms with van der Waals surface area (Å²) in [7, 11) is 0. The molecular weight excluding hydrogens is 202 g/mol. The predicted molar refractivity (Wildman–Crippen MR) is 53.2 cm³/mol. The number of hydrogen-bond donors (Lipinski definition) is 1. The number of halogens is 2. The van der Waals surface area contributed by atoms with Gasteiger partial charge in [-0.1, -0.05) is 5.16 Å². The Morgan fingerprint density at radius 3 is 2.73 bits per heavy atom. The molecule has 0 aromatic heterocycles. The molecule has 2 rings (SSSR count). The first-order valence-corrected chi connectivity index (χ1v) is 5.42. The molecule has 0 aromatic carbocycles. The largest absolute Gasteiger partial charge is 0.389 e. The monoisotopic (exact) mass is 218 g/mol. The summed E-state index contributed by atoms with van der Waals surface area (Å²) in [5.74, 6) is 0. The number of alkyl halides is 2. The molecule has 0 saturated heterocycles. The van der Waals surface area contributed by atoms with Crippen molar-refractivity contribution in [1.82, 2.24) is 5.32 Å². The van der Waals surface area contributed by atoms with Crippen LogP contribution >= 0.6 is 0 Å². The van der Waals surface area contributed by atoms with E-state index in [4.69, 9.17) is 4.84 Å². The summed E-state index contributed by atoms with van der Waals surface area (Å²) in [5.41, 5.74) is -0.108. The Bertz CT molecular complexity index is 228. The van der Waals surface area contributed by atoms with Gasteiger partial charge < -0.3 is 10.2 Å². The van der Waals surface area contributed by atoms with Crippen molar-refractivity contribution in [2.75, 3.05) is 6.54 Å². The van der Waals surface area contributed by atoms with Gasteiger partial charge in [0.1, 0.15) is 5.60 Å². The zero-order chi connectivity index (χ0) is 10.7. The lowest BCUT2D eigenvalue weighted by atomic mass is 9.80. The van der Waals surface area contributed by atoms with Crippen LogP contribution in [0.5, 0.6) is 0 Å². The fourth-order valence-electron chi connectivity index (χ4n) is 2.29. The van der Waals surface area contributed by atoms with Crippen LogP contribution in [0.1, 0.15) is 32.1 Å².